The molecule has 0 atom stereocenters. The number of carboxylic acid groups (broad SMARTS) is 1. The Kier molecular flexibility index (Phi) is 5.46. The van der Waals surface area contributed by atoms with Crippen LogP contribution in [0.4, 0.5) is 10.1 Å². The number of halogens is 2. The van der Waals surface area contributed by atoms with Gasteiger partial charge in [0.15, 0.2) is 0 Å². The molecular formula is C19H15BrFN3O4. The number of anilines is 1. The number of benzene rings is 2. The molecule has 0 unspecified atom stereocenters. The summed E-state index contributed by atoms with van der Waals surface area (Å²) in [5.41, 5.74) is 2.17. The van der Waals surface area contributed by atoms with Crippen molar-refractivity contribution in [2.75, 3.05) is 5.43 Å². The summed E-state index contributed by atoms with van der Waals surface area (Å²) in [6.45, 7) is 2.16. The molecule has 9 heteroatoms. The topological polar surface area (TPSA) is 104 Å². The molecule has 2 aromatic carbocycles. The first-order valence-corrected chi connectivity index (χ1v) is 8.98. The fourth-order valence-corrected chi connectivity index (χ4v) is 3.09. The number of aryl methyl sites for hydroxylation is 1. The first-order chi connectivity index (χ1) is 13.3. The highest BCUT2D eigenvalue weighted by Gasteiger charge is 2.16. The molecular weight excluding hydrogens is 433 g/mol. The van der Waals surface area contributed by atoms with Crippen LogP contribution in [-0.4, -0.2) is 27.0 Å². The van der Waals surface area contributed by atoms with E-state index >= 15 is 0 Å². The summed E-state index contributed by atoms with van der Waals surface area (Å²) >= 11 is 3.28. The van der Waals surface area contributed by atoms with Gasteiger partial charge in [0.2, 0.25) is 5.43 Å². The van der Waals surface area contributed by atoms with Crippen molar-refractivity contribution < 1.29 is 19.4 Å². The highest BCUT2D eigenvalue weighted by Crippen LogP contribution is 2.23. The first kappa shape index (κ1) is 19.6. The average Bonchev–Trinajstić information content (AvgIpc) is 2.65. The molecule has 0 saturated carbocycles. The molecule has 0 saturated heterocycles. The maximum atomic E-state index is 14.4. The number of carbonyl (C=O) groups is 1. The van der Waals surface area contributed by atoms with Gasteiger partial charge in [-0.2, -0.15) is 5.10 Å². The van der Waals surface area contributed by atoms with Crippen molar-refractivity contribution in [2.24, 2.45) is 5.10 Å². The molecule has 7 nitrogen and oxygen atoms in total. The van der Waals surface area contributed by atoms with Crippen LogP contribution in [0.1, 0.15) is 22.8 Å². The van der Waals surface area contributed by atoms with E-state index in [-0.39, 0.29) is 16.8 Å². The summed E-state index contributed by atoms with van der Waals surface area (Å²) in [5.74, 6) is -2.12. The van der Waals surface area contributed by atoms with Crippen molar-refractivity contribution in [3.05, 3.63) is 68.2 Å². The first-order valence-electron chi connectivity index (χ1n) is 8.19. The minimum atomic E-state index is -1.37. The van der Waals surface area contributed by atoms with Crippen LogP contribution in [0.15, 0.2) is 50.9 Å². The summed E-state index contributed by atoms with van der Waals surface area (Å²) < 4.78 is 16.7. The van der Waals surface area contributed by atoms with Crippen LogP contribution in [0.5, 0.6) is 5.75 Å². The Bertz CT molecular complexity index is 1170. The zero-order valence-corrected chi connectivity index (χ0v) is 16.2. The van der Waals surface area contributed by atoms with Crippen molar-refractivity contribution >= 4 is 44.7 Å². The Morgan fingerprint density at radius 2 is 2.11 bits per heavy atom. The third-order valence-electron chi connectivity index (χ3n) is 4.12. The number of hydrogen-bond acceptors (Lipinski definition) is 5. The zero-order chi connectivity index (χ0) is 20.4. The van der Waals surface area contributed by atoms with Crippen LogP contribution in [0.2, 0.25) is 0 Å². The maximum Gasteiger partial charge on any atom is 0.341 e. The summed E-state index contributed by atoms with van der Waals surface area (Å²) in [7, 11) is 0. The smallest absolute Gasteiger partial charge is 0.341 e. The number of aromatic nitrogens is 1. The van der Waals surface area contributed by atoms with Gasteiger partial charge in [0.1, 0.15) is 17.1 Å². The second kappa shape index (κ2) is 7.81. The van der Waals surface area contributed by atoms with Crippen LogP contribution >= 0.6 is 15.9 Å². The minimum absolute atomic E-state index is 0.00270. The molecule has 3 N–H and O–H groups in total. The number of aromatic carboxylic acids is 1. The number of carboxylic acids is 1. The number of hydrogen-bond donors (Lipinski definition) is 3. The number of phenols is 1. The number of hydrazone groups is 1. The molecule has 0 bridgehead atoms. The third kappa shape index (κ3) is 3.74. The Labute approximate surface area is 166 Å². The largest absolute Gasteiger partial charge is 0.507 e. The molecule has 3 rings (SSSR count). The van der Waals surface area contributed by atoms with Crippen molar-refractivity contribution in [1.82, 2.24) is 4.57 Å². The Balaban J connectivity index is 2.03. The predicted molar refractivity (Wildman–Crippen MR) is 108 cm³/mol. The number of pyridine rings is 1. The fourth-order valence-electron chi connectivity index (χ4n) is 2.71. The number of rotatable bonds is 5. The molecule has 0 radical (unpaired) electrons. The Morgan fingerprint density at radius 3 is 2.79 bits per heavy atom. The van der Waals surface area contributed by atoms with Crippen molar-refractivity contribution in [1.29, 1.82) is 0 Å². The molecule has 28 heavy (non-hydrogen) atoms. The zero-order valence-electron chi connectivity index (χ0n) is 14.6. The van der Waals surface area contributed by atoms with Crippen LogP contribution in [0.25, 0.3) is 10.9 Å². The van der Waals surface area contributed by atoms with E-state index in [4.69, 9.17) is 0 Å². The van der Waals surface area contributed by atoms with Gasteiger partial charge in [0, 0.05) is 28.2 Å². The lowest BCUT2D eigenvalue weighted by Gasteiger charge is -2.12. The quantitative estimate of drug-likeness (QED) is 0.407. The third-order valence-corrected chi connectivity index (χ3v) is 4.61. The Morgan fingerprint density at radius 1 is 1.36 bits per heavy atom. The minimum Gasteiger partial charge on any atom is -0.507 e. The fraction of sp³-hybridized carbons (Fsp3) is 0.105. The van der Waals surface area contributed by atoms with Crippen LogP contribution in [-0.2, 0) is 6.54 Å². The number of nitrogens with zero attached hydrogens (tertiary/aromatic N) is 2. The number of phenolic OH excluding ortho intramolecular Hbond substituents is 1. The van der Waals surface area contributed by atoms with Crippen LogP contribution in [0.3, 0.4) is 0 Å². The molecule has 3 aromatic rings. The highest BCUT2D eigenvalue weighted by atomic mass is 79.9. The van der Waals surface area contributed by atoms with Gasteiger partial charge in [0.25, 0.3) is 0 Å². The SMILES string of the molecule is CCn1cc(C(=O)O)c(=O)c2cc(F)c(N/N=C\c3cc(Br)ccc3O)cc21. The lowest BCUT2D eigenvalue weighted by Crippen LogP contribution is -2.19. The van der Waals surface area contributed by atoms with Gasteiger partial charge in [-0.05, 0) is 37.3 Å². The van der Waals surface area contributed by atoms with Gasteiger partial charge in [-0.15, -0.1) is 0 Å². The summed E-state index contributed by atoms with van der Waals surface area (Å²) in [6, 6.07) is 7.17. The second-order valence-corrected chi connectivity index (χ2v) is 6.80. The number of nitrogens with one attached hydrogen (secondary N) is 1. The van der Waals surface area contributed by atoms with E-state index in [0.717, 1.165) is 10.5 Å². The Hall–Kier alpha value is -3.20. The van der Waals surface area contributed by atoms with Crippen molar-refractivity contribution in [3.63, 3.8) is 0 Å². The lowest BCUT2D eigenvalue weighted by molar-refractivity contribution is 0.0695. The molecule has 0 aliphatic rings. The van der Waals surface area contributed by atoms with Gasteiger partial charge in [-0.25, -0.2) is 9.18 Å². The molecule has 0 amide bonds. The molecule has 144 valence electrons. The molecule has 0 fully saturated rings. The van der Waals surface area contributed by atoms with Gasteiger partial charge in [0.05, 0.1) is 17.4 Å². The van der Waals surface area contributed by atoms with E-state index in [2.05, 4.69) is 26.5 Å². The summed E-state index contributed by atoms with van der Waals surface area (Å²) in [4.78, 5) is 23.6. The molecule has 0 aliphatic carbocycles. The average molecular weight is 448 g/mol. The molecule has 1 aromatic heterocycles. The van der Waals surface area contributed by atoms with E-state index < -0.39 is 22.8 Å². The number of aromatic hydroxyl groups is 1. The van der Waals surface area contributed by atoms with Gasteiger partial charge < -0.3 is 14.8 Å². The van der Waals surface area contributed by atoms with E-state index in [9.17, 15) is 24.2 Å². The van der Waals surface area contributed by atoms with E-state index in [0.29, 0.717) is 17.6 Å². The van der Waals surface area contributed by atoms with Gasteiger partial charge in [-0.1, -0.05) is 15.9 Å². The van der Waals surface area contributed by atoms with Gasteiger partial charge in [-0.3, -0.25) is 10.2 Å². The van der Waals surface area contributed by atoms with Crippen molar-refractivity contribution in [3.8, 4) is 5.75 Å². The lowest BCUT2D eigenvalue weighted by atomic mass is 10.1. The maximum absolute atomic E-state index is 14.4. The summed E-state index contributed by atoms with van der Waals surface area (Å²) in [5, 5.41) is 22.9. The second-order valence-electron chi connectivity index (χ2n) is 5.89. The molecule has 0 aliphatic heterocycles. The van der Waals surface area contributed by atoms with Crippen LogP contribution < -0.4 is 10.9 Å². The molecule has 1 heterocycles. The number of fused-ring (bicyclic) bond motifs is 1. The van der Waals surface area contributed by atoms with E-state index in [1.807, 2.05) is 0 Å². The monoisotopic (exact) mass is 447 g/mol. The van der Waals surface area contributed by atoms with Gasteiger partial charge >= 0.3 is 5.97 Å². The van der Waals surface area contributed by atoms with Crippen LogP contribution in [0, 0.1) is 5.82 Å². The predicted octanol–water partition coefficient (Wildman–Crippen LogP) is 3.77. The standard InChI is InChI=1S/C19H15BrFN3O4/c1-2-24-9-13(19(27)28)18(26)12-6-14(21)15(7-16(12)24)23-22-8-10-5-11(20)3-4-17(10)25/h3-9,23,25H,2H2,1H3,(H,27,28)/b22-8-. The summed E-state index contributed by atoms with van der Waals surface area (Å²) in [6.07, 6.45) is 2.56. The van der Waals surface area contributed by atoms with E-state index in [1.165, 1.54) is 24.5 Å². The normalized spacial score (nSPS) is 11.2. The van der Waals surface area contributed by atoms with E-state index in [1.54, 1.807) is 23.6 Å². The highest BCUT2D eigenvalue weighted by molar-refractivity contribution is 9.10. The van der Waals surface area contributed by atoms with Crippen molar-refractivity contribution in [2.45, 2.75) is 13.5 Å². The molecule has 0 spiro atoms.